The van der Waals surface area contributed by atoms with Crippen LogP contribution < -0.4 is 10.5 Å². The van der Waals surface area contributed by atoms with E-state index in [1.165, 1.54) is 16.9 Å². The van der Waals surface area contributed by atoms with Crippen LogP contribution >= 0.6 is 23.3 Å². The van der Waals surface area contributed by atoms with Crippen molar-refractivity contribution in [1.82, 2.24) is 4.31 Å². The van der Waals surface area contributed by atoms with E-state index in [0.29, 0.717) is 10.8 Å². The predicted molar refractivity (Wildman–Crippen MR) is 166 cm³/mol. The molecule has 3 rings (SSSR count). The molecular formula is C31H41BN2O2S2. The molecule has 0 aliphatic carbocycles. The maximum Gasteiger partial charge on any atom is 0.176 e. The Kier molecular flexibility index (Phi) is 10.6. The second kappa shape index (κ2) is 13.2. The highest BCUT2D eigenvalue weighted by Crippen LogP contribution is 2.43. The van der Waals surface area contributed by atoms with Gasteiger partial charge in [-0.2, -0.15) is 0 Å². The second-order valence-electron chi connectivity index (χ2n) is 10.6. The second-order valence-corrected chi connectivity index (χ2v) is 12.6. The quantitative estimate of drug-likeness (QED) is 0.176. The lowest BCUT2D eigenvalue weighted by Crippen LogP contribution is -2.49. The van der Waals surface area contributed by atoms with Gasteiger partial charge < -0.3 is 15.3 Å². The Hall–Kier alpha value is -2.22. The van der Waals surface area contributed by atoms with Crippen molar-refractivity contribution in [2.24, 2.45) is 5.73 Å². The van der Waals surface area contributed by atoms with Crippen LogP contribution in [-0.4, -0.2) is 41.8 Å². The Labute approximate surface area is 239 Å². The summed E-state index contributed by atoms with van der Waals surface area (Å²) in [6.45, 7) is 17.8. The fraction of sp³-hybridized carbons (Fsp3) is 0.452. The molecular weight excluding hydrogens is 507 g/mol. The number of thiophene rings is 1. The Morgan fingerprint density at radius 2 is 2.16 bits per heavy atom. The van der Waals surface area contributed by atoms with Crippen LogP contribution in [0.4, 0.5) is 0 Å². The average molecular weight is 549 g/mol. The van der Waals surface area contributed by atoms with Gasteiger partial charge in [0.2, 0.25) is 0 Å². The molecule has 202 valence electrons. The first-order valence-electron chi connectivity index (χ1n) is 13.4. The van der Waals surface area contributed by atoms with Gasteiger partial charge in [0.15, 0.2) is 7.85 Å². The lowest BCUT2D eigenvalue weighted by Gasteiger charge is -2.44. The molecule has 2 atom stereocenters. The molecule has 0 spiro atoms. The van der Waals surface area contributed by atoms with Gasteiger partial charge in [0, 0.05) is 34.8 Å². The molecule has 1 aliphatic rings. The molecule has 0 amide bonds. The van der Waals surface area contributed by atoms with Crippen LogP contribution in [0.15, 0.2) is 60.3 Å². The van der Waals surface area contributed by atoms with Crippen LogP contribution in [0, 0.1) is 6.92 Å². The smallest absolute Gasteiger partial charge is 0.176 e. The third kappa shape index (κ3) is 7.25. The molecule has 38 heavy (non-hydrogen) atoms. The highest BCUT2D eigenvalue weighted by atomic mass is 32.2. The van der Waals surface area contributed by atoms with E-state index in [1.54, 1.807) is 0 Å². The van der Waals surface area contributed by atoms with Crippen LogP contribution in [0.5, 0.6) is 5.75 Å². The maximum absolute atomic E-state index is 12.1. The number of allylic oxidation sites excluding steroid dienone is 3. The number of ether oxygens (including phenoxy) is 1. The number of nitrogens with zero attached hydrogens (tertiary/aromatic N) is 1. The maximum atomic E-state index is 12.1. The van der Waals surface area contributed by atoms with Crippen molar-refractivity contribution in [2.45, 2.75) is 78.4 Å². The Balaban J connectivity index is 1.74. The van der Waals surface area contributed by atoms with Crippen molar-refractivity contribution in [3.63, 3.8) is 0 Å². The Bertz CT molecular complexity index is 1210. The standard InChI is InChI=1S/C31H41BN2O2S2/c1-8-20(4)27-21(5)28(30(32)35)38-29(27)23-12-11-13-25(17-23)36-26-14-15-34(31(6,7)18-26)37-19-22(9-2)16-24(33)10-3/h9-13,16-17,20,26H,2,8,14-15,18-19,33H2,1,3-7H3/b22-16+,24-10+. The molecule has 1 fully saturated rings. The van der Waals surface area contributed by atoms with Gasteiger partial charge in [-0.05, 0) is 86.9 Å². The fourth-order valence-corrected chi connectivity index (χ4v) is 7.39. The summed E-state index contributed by atoms with van der Waals surface area (Å²) in [5, 5.41) is 0. The zero-order valence-electron chi connectivity index (χ0n) is 23.7. The number of piperidine rings is 1. The van der Waals surface area contributed by atoms with Gasteiger partial charge in [0.05, 0.1) is 4.88 Å². The summed E-state index contributed by atoms with van der Waals surface area (Å²) >= 11 is 3.33. The van der Waals surface area contributed by atoms with Crippen LogP contribution in [0.25, 0.3) is 10.4 Å². The number of nitrogens with two attached hydrogens (primary N) is 1. The summed E-state index contributed by atoms with van der Waals surface area (Å²) in [5.41, 5.74) is 10.8. The van der Waals surface area contributed by atoms with E-state index in [4.69, 9.17) is 18.3 Å². The fourth-order valence-electron chi connectivity index (χ4n) is 4.95. The minimum Gasteiger partial charge on any atom is -0.490 e. The highest BCUT2D eigenvalue weighted by Gasteiger charge is 2.36. The molecule has 4 nitrogen and oxygen atoms in total. The predicted octanol–water partition coefficient (Wildman–Crippen LogP) is 7.79. The van der Waals surface area contributed by atoms with Crippen molar-refractivity contribution >= 4 is 36.8 Å². The lowest BCUT2D eigenvalue weighted by molar-refractivity contribution is 0.0661. The molecule has 1 aromatic carbocycles. The number of hydrogen-bond acceptors (Lipinski definition) is 6. The topological polar surface area (TPSA) is 55.6 Å². The molecule has 7 heteroatoms. The molecule has 2 N–H and O–H groups in total. The molecule has 2 aromatic rings. The van der Waals surface area contributed by atoms with Crippen LogP contribution in [0.2, 0.25) is 0 Å². The molecule has 1 aromatic heterocycles. The Morgan fingerprint density at radius 3 is 2.76 bits per heavy atom. The molecule has 2 heterocycles. The van der Waals surface area contributed by atoms with E-state index < -0.39 is 0 Å². The molecule has 0 bridgehead atoms. The van der Waals surface area contributed by atoms with Gasteiger partial charge >= 0.3 is 0 Å². The van der Waals surface area contributed by atoms with E-state index in [0.717, 1.165) is 64.6 Å². The van der Waals surface area contributed by atoms with Gasteiger partial charge in [0.25, 0.3) is 0 Å². The largest absolute Gasteiger partial charge is 0.490 e. The molecule has 1 aliphatic heterocycles. The van der Waals surface area contributed by atoms with Gasteiger partial charge in [-0.15, -0.1) is 11.3 Å². The van der Waals surface area contributed by atoms with E-state index >= 15 is 0 Å². The first-order chi connectivity index (χ1) is 18.0. The van der Waals surface area contributed by atoms with Gasteiger partial charge in [-0.25, -0.2) is 4.31 Å². The van der Waals surface area contributed by atoms with E-state index in [1.807, 2.05) is 56.2 Å². The van der Waals surface area contributed by atoms with Crippen LogP contribution in [-0.2, 0) is 0 Å². The Morgan fingerprint density at radius 1 is 1.42 bits per heavy atom. The monoisotopic (exact) mass is 548 g/mol. The first kappa shape index (κ1) is 30.3. The zero-order chi connectivity index (χ0) is 28.0. The summed E-state index contributed by atoms with van der Waals surface area (Å²) in [6.07, 6.45) is 8.78. The molecule has 1 saturated heterocycles. The summed E-state index contributed by atoms with van der Waals surface area (Å²) < 4.78 is 9.02. The highest BCUT2D eigenvalue weighted by molar-refractivity contribution is 7.97. The number of hydrogen-bond donors (Lipinski definition) is 1. The third-order valence-electron chi connectivity index (χ3n) is 7.31. The van der Waals surface area contributed by atoms with E-state index in [2.05, 4.69) is 50.7 Å². The lowest BCUT2D eigenvalue weighted by atomic mass is 9.89. The number of carbonyl (C=O) groups is 1. The minimum absolute atomic E-state index is 0.0193. The average Bonchev–Trinajstić information content (AvgIpc) is 3.23. The van der Waals surface area contributed by atoms with E-state index in [-0.39, 0.29) is 17.3 Å². The number of carbonyl (C=O) groups excluding carboxylic acids is 1. The summed E-state index contributed by atoms with van der Waals surface area (Å²) in [7, 11) is 5.71. The first-order valence-corrected chi connectivity index (χ1v) is 15.1. The number of rotatable bonds is 11. The SMILES string of the molecule is [B]C(=O)c1sc(-c2cccc(OC3CCN(SC/C(C=C)=C/C(N)=C\C)C(C)(C)C3)c2)c(C(C)CC)c1C. The normalized spacial score (nSPS) is 19.3. The van der Waals surface area contributed by atoms with Crippen molar-refractivity contribution in [1.29, 1.82) is 0 Å². The van der Waals surface area contributed by atoms with Crippen molar-refractivity contribution in [3.05, 3.63) is 76.3 Å². The molecule has 0 saturated carbocycles. The third-order valence-corrected chi connectivity index (χ3v) is 10.1. The van der Waals surface area contributed by atoms with Crippen LogP contribution in [0.3, 0.4) is 0 Å². The number of benzene rings is 1. The van der Waals surface area contributed by atoms with E-state index in [9.17, 15) is 4.79 Å². The summed E-state index contributed by atoms with van der Waals surface area (Å²) in [6, 6.07) is 8.29. The van der Waals surface area contributed by atoms with Crippen molar-refractivity contribution in [2.75, 3.05) is 12.3 Å². The minimum atomic E-state index is -0.358. The van der Waals surface area contributed by atoms with Gasteiger partial charge in [-0.1, -0.05) is 56.7 Å². The zero-order valence-corrected chi connectivity index (χ0v) is 25.3. The van der Waals surface area contributed by atoms with Crippen molar-refractivity contribution in [3.8, 4) is 16.2 Å². The summed E-state index contributed by atoms with van der Waals surface area (Å²) in [4.78, 5) is 13.9. The van der Waals surface area contributed by atoms with Gasteiger partial charge in [-0.3, -0.25) is 0 Å². The van der Waals surface area contributed by atoms with Gasteiger partial charge in [0.1, 0.15) is 17.5 Å². The van der Waals surface area contributed by atoms with Crippen LogP contribution in [0.1, 0.15) is 80.6 Å². The molecule has 2 unspecified atom stereocenters. The molecule has 2 radical (unpaired) electrons. The summed E-state index contributed by atoms with van der Waals surface area (Å²) in [5.74, 6) is 2.04. The van der Waals surface area contributed by atoms with Crippen molar-refractivity contribution < 1.29 is 9.53 Å².